The number of fused-ring (bicyclic) bond motifs is 1. The summed E-state index contributed by atoms with van der Waals surface area (Å²) in [6.07, 6.45) is 4.46. The van der Waals surface area contributed by atoms with Crippen molar-refractivity contribution >= 4 is 28.1 Å². The number of rotatable bonds is 5. The summed E-state index contributed by atoms with van der Waals surface area (Å²) in [5.41, 5.74) is 2.43. The number of carbonyl (C=O) groups excluding carboxylic acids is 1. The minimum Gasteiger partial charge on any atom is -0.328 e. The van der Waals surface area contributed by atoms with Crippen LogP contribution in [0.2, 0.25) is 0 Å². The van der Waals surface area contributed by atoms with Gasteiger partial charge in [-0.05, 0) is 35.4 Å². The molecule has 6 nitrogen and oxygen atoms in total. The van der Waals surface area contributed by atoms with E-state index in [1.807, 2.05) is 48.7 Å². The normalized spacial score (nSPS) is 10.9. The summed E-state index contributed by atoms with van der Waals surface area (Å²) in [5, 5.41) is 2.91. The first-order chi connectivity index (χ1) is 13.6. The predicted octanol–water partition coefficient (Wildman–Crippen LogP) is 3.53. The number of hydrogen-bond acceptors (Lipinski definition) is 5. The topological polar surface area (TPSA) is 79.0 Å². The molecule has 0 unspecified atom stereocenters. The number of benzene rings is 1. The number of hydrogen-bond donors (Lipinski definition) is 1. The molecule has 0 aliphatic rings. The van der Waals surface area contributed by atoms with Crippen LogP contribution in [0.1, 0.15) is 26.5 Å². The molecule has 3 heterocycles. The number of aromatic amines is 1. The molecule has 28 heavy (non-hydrogen) atoms. The minimum absolute atomic E-state index is 0.187. The SMILES string of the molecule is Cc1cccc2cc(CN(Cc3cccs3)C(=O)c3cnccn3)c(=O)[nH]c12. The maximum atomic E-state index is 13.0. The quantitative estimate of drug-likeness (QED) is 0.565. The highest BCUT2D eigenvalue weighted by Gasteiger charge is 2.20. The number of carbonyl (C=O) groups is 1. The second kappa shape index (κ2) is 7.74. The molecule has 0 fully saturated rings. The van der Waals surface area contributed by atoms with E-state index in [9.17, 15) is 9.59 Å². The fourth-order valence-corrected chi connectivity index (χ4v) is 3.83. The first kappa shape index (κ1) is 18.1. The van der Waals surface area contributed by atoms with Crippen molar-refractivity contribution in [3.63, 3.8) is 0 Å². The minimum atomic E-state index is -0.259. The van der Waals surface area contributed by atoms with E-state index in [4.69, 9.17) is 0 Å². The highest BCUT2D eigenvalue weighted by Crippen LogP contribution is 2.18. The smallest absolute Gasteiger partial charge is 0.274 e. The van der Waals surface area contributed by atoms with E-state index in [0.29, 0.717) is 12.1 Å². The van der Waals surface area contributed by atoms with Crippen molar-refractivity contribution < 1.29 is 4.79 Å². The fourth-order valence-electron chi connectivity index (χ4n) is 3.11. The van der Waals surface area contributed by atoms with E-state index in [2.05, 4.69) is 15.0 Å². The zero-order chi connectivity index (χ0) is 19.5. The Morgan fingerprint density at radius 3 is 2.82 bits per heavy atom. The summed E-state index contributed by atoms with van der Waals surface area (Å²) >= 11 is 1.57. The van der Waals surface area contributed by atoms with E-state index in [1.165, 1.54) is 18.6 Å². The zero-order valence-electron chi connectivity index (χ0n) is 15.3. The van der Waals surface area contributed by atoms with E-state index in [-0.39, 0.29) is 23.7 Å². The lowest BCUT2D eigenvalue weighted by atomic mass is 10.1. The molecule has 140 valence electrons. The van der Waals surface area contributed by atoms with Crippen LogP contribution in [0.4, 0.5) is 0 Å². The maximum absolute atomic E-state index is 13.0. The predicted molar refractivity (Wildman–Crippen MR) is 109 cm³/mol. The summed E-state index contributed by atoms with van der Waals surface area (Å²) in [6, 6.07) is 11.6. The number of aromatic nitrogens is 3. The van der Waals surface area contributed by atoms with Gasteiger partial charge in [0.2, 0.25) is 0 Å². The Morgan fingerprint density at radius 2 is 2.07 bits per heavy atom. The molecule has 0 aliphatic heterocycles. The summed E-state index contributed by atoms with van der Waals surface area (Å²) < 4.78 is 0. The Hall–Kier alpha value is -3.32. The monoisotopic (exact) mass is 390 g/mol. The summed E-state index contributed by atoms with van der Waals surface area (Å²) in [6.45, 7) is 2.55. The molecular formula is C21H18N4O2S. The highest BCUT2D eigenvalue weighted by molar-refractivity contribution is 7.09. The van der Waals surface area contributed by atoms with Crippen molar-refractivity contribution in [3.8, 4) is 0 Å². The van der Waals surface area contributed by atoms with Crippen LogP contribution in [0.25, 0.3) is 10.9 Å². The van der Waals surface area contributed by atoms with E-state index >= 15 is 0 Å². The molecule has 1 N–H and O–H groups in total. The fraction of sp³-hybridized carbons (Fsp3) is 0.143. The van der Waals surface area contributed by atoms with E-state index in [1.54, 1.807) is 16.2 Å². The number of pyridine rings is 1. The molecule has 7 heteroatoms. The first-order valence-corrected chi connectivity index (χ1v) is 9.69. The molecule has 3 aromatic heterocycles. The number of thiophene rings is 1. The van der Waals surface area contributed by atoms with Crippen LogP contribution >= 0.6 is 11.3 Å². The van der Waals surface area contributed by atoms with Crippen molar-refractivity contribution in [1.82, 2.24) is 19.9 Å². The molecule has 0 bridgehead atoms. The van der Waals surface area contributed by atoms with Gasteiger partial charge in [-0.15, -0.1) is 11.3 Å². The zero-order valence-corrected chi connectivity index (χ0v) is 16.1. The Balaban J connectivity index is 1.71. The molecule has 0 radical (unpaired) electrons. The van der Waals surface area contributed by atoms with Gasteiger partial charge in [-0.3, -0.25) is 14.6 Å². The average molecular weight is 390 g/mol. The summed E-state index contributed by atoms with van der Waals surface area (Å²) in [5.74, 6) is -0.259. The van der Waals surface area contributed by atoms with Crippen LogP contribution in [0.15, 0.2) is 65.2 Å². The Labute approximate surface area is 165 Å². The Morgan fingerprint density at radius 1 is 1.18 bits per heavy atom. The molecule has 4 aromatic rings. The van der Waals surface area contributed by atoms with Crippen molar-refractivity contribution in [2.75, 3.05) is 0 Å². The second-order valence-electron chi connectivity index (χ2n) is 6.49. The number of nitrogens with zero attached hydrogens (tertiary/aromatic N) is 3. The summed E-state index contributed by atoms with van der Waals surface area (Å²) in [7, 11) is 0. The number of amides is 1. The summed E-state index contributed by atoms with van der Waals surface area (Å²) in [4.78, 5) is 39.4. The van der Waals surface area contributed by atoms with E-state index in [0.717, 1.165) is 21.3 Å². The Bertz CT molecular complexity index is 1170. The molecule has 0 spiro atoms. The lowest BCUT2D eigenvalue weighted by molar-refractivity contribution is 0.0724. The third-order valence-corrected chi connectivity index (χ3v) is 5.38. The Kier molecular flexibility index (Phi) is 4.99. The lowest BCUT2D eigenvalue weighted by Crippen LogP contribution is -2.32. The average Bonchev–Trinajstić information content (AvgIpc) is 3.22. The highest BCUT2D eigenvalue weighted by atomic mass is 32.1. The van der Waals surface area contributed by atoms with Gasteiger partial charge in [-0.25, -0.2) is 4.98 Å². The van der Waals surface area contributed by atoms with Crippen LogP contribution in [0, 0.1) is 6.92 Å². The van der Waals surface area contributed by atoms with Gasteiger partial charge in [0.15, 0.2) is 0 Å². The number of nitrogens with one attached hydrogen (secondary N) is 1. The van der Waals surface area contributed by atoms with Gasteiger partial charge in [-0.1, -0.05) is 24.3 Å². The number of H-pyrrole nitrogens is 1. The molecule has 0 aliphatic carbocycles. The number of aryl methyl sites for hydroxylation is 1. The van der Waals surface area contributed by atoms with Crippen LogP contribution < -0.4 is 5.56 Å². The third kappa shape index (κ3) is 3.70. The molecule has 4 rings (SSSR count). The van der Waals surface area contributed by atoms with Crippen LogP contribution in [0.3, 0.4) is 0 Å². The van der Waals surface area contributed by atoms with Gasteiger partial charge < -0.3 is 9.88 Å². The molecule has 0 saturated heterocycles. The van der Waals surface area contributed by atoms with Gasteiger partial charge in [0, 0.05) is 22.8 Å². The third-order valence-electron chi connectivity index (χ3n) is 4.52. The van der Waals surface area contributed by atoms with Crippen LogP contribution in [-0.2, 0) is 13.1 Å². The van der Waals surface area contributed by atoms with Gasteiger partial charge in [0.1, 0.15) is 5.69 Å². The molecule has 0 saturated carbocycles. The van der Waals surface area contributed by atoms with Crippen molar-refractivity contribution in [2.24, 2.45) is 0 Å². The number of para-hydroxylation sites is 1. The van der Waals surface area contributed by atoms with Crippen LogP contribution in [-0.4, -0.2) is 25.8 Å². The molecule has 1 amide bonds. The molecule has 1 aromatic carbocycles. The second-order valence-corrected chi connectivity index (χ2v) is 7.53. The largest absolute Gasteiger partial charge is 0.328 e. The van der Waals surface area contributed by atoms with Crippen molar-refractivity contribution in [2.45, 2.75) is 20.0 Å². The molecular weight excluding hydrogens is 372 g/mol. The van der Waals surface area contributed by atoms with Crippen molar-refractivity contribution in [3.05, 3.63) is 92.4 Å². The van der Waals surface area contributed by atoms with Crippen molar-refractivity contribution in [1.29, 1.82) is 0 Å². The van der Waals surface area contributed by atoms with E-state index < -0.39 is 0 Å². The standard InChI is InChI=1S/C21H18N4O2S/c1-14-4-2-5-15-10-16(20(26)24-19(14)15)12-25(13-17-6-3-9-28-17)21(27)18-11-22-7-8-23-18/h2-11H,12-13H2,1H3,(H,24,26). The van der Waals surface area contributed by atoms with Crippen LogP contribution in [0.5, 0.6) is 0 Å². The maximum Gasteiger partial charge on any atom is 0.274 e. The molecule has 0 atom stereocenters. The van der Waals surface area contributed by atoms with Gasteiger partial charge in [0.05, 0.1) is 24.8 Å². The van der Waals surface area contributed by atoms with Gasteiger partial charge in [-0.2, -0.15) is 0 Å². The first-order valence-electron chi connectivity index (χ1n) is 8.81. The lowest BCUT2D eigenvalue weighted by Gasteiger charge is -2.21. The van der Waals surface area contributed by atoms with Gasteiger partial charge >= 0.3 is 0 Å². The van der Waals surface area contributed by atoms with Gasteiger partial charge in [0.25, 0.3) is 11.5 Å².